The van der Waals surface area contributed by atoms with Crippen molar-refractivity contribution in [3.05, 3.63) is 24.3 Å². The van der Waals surface area contributed by atoms with Gasteiger partial charge in [0.05, 0.1) is 0 Å². The maximum absolute atomic E-state index is 3.69. The van der Waals surface area contributed by atoms with E-state index in [1.165, 1.54) is 12.0 Å². The molecule has 0 aromatic rings. The molecular formula is C10H18. The Morgan fingerprint density at radius 2 is 2.10 bits per heavy atom. The van der Waals surface area contributed by atoms with Crippen LogP contribution in [0.5, 0.6) is 0 Å². The van der Waals surface area contributed by atoms with E-state index in [-0.39, 0.29) is 0 Å². The molecule has 0 heterocycles. The van der Waals surface area contributed by atoms with Crippen molar-refractivity contribution in [3.63, 3.8) is 0 Å². The molecule has 0 rings (SSSR count). The molecule has 0 amide bonds. The van der Waals surface area contributed by atoms with Crippen LogP contribution < -0.4 is 0 Å². The molecular weight excluding hydrogens is 120 g/mol. The summed E-state index contributed by atoms with van der Waals surface area (Å²) in [5, 5.41) is 0. The van der Waals surface area contributed by atoms with Crippen molar-refractivity contribution in [1.82, 2.24) is 0 Å². The molecule has 0 aromatic heterocycles. The molecule has 58 valence electrons. The first-order valence-corrected chi connectivity index (χ1v) is 3.92. The molecule has 0 unspecified atom stereocenters. The first-order valence-electron chi connectivity index (χ1n) is 3.92. The number of rotatable bonds is 4. The van der Waals surface area contributed by atoms with Crippen LogP contribution in [0.25, 0.3) is 0 Å². The average molecular weight is 138 g/mol. The van der Waals surface area contributed by atoms with Crippen molar-refractivity contribution in [2.24, 2.45) is 5.92 Å². The normalized spacial score (nSPS) is 12.3. The quantitative estimate of drug-likeness (QED) is 0.521. The van der Waals surface area contributed by atoms with Gasteiger partial charge in [0.1, 0.15) is 0 Å². The smallest absolute Gasteiger partial charge is 0.0257 e. The molecule has 0 aromatic carbocycles. The van der Waals surface area contributed by atoms with Crippen LogP contribution in [0.1, 0.15) is 33.6 Å². The molecule has 0 bridgehead atoms. The van der Waals surface area contributed by atoms with E-state index in [0.29, 0.717) is 5.92 Å². The van der Waals surface area contributed by atoms with Crippen molar-refractivity contribution in [3.8, 4) is 0 Å². The highest BCUT2D eigenvalue weighted by Crippen LogP contribution is 2.09. The van der Waals surface area contributed by atoms with Crippen LogP contribution in [0.4, 0.5) is 0 Å². The molecule has 1 atom stereocenters. The summed E-state index contributed by atoms with van der Waals surface area (Å²) >= 11 is 0. The summed E-state index contributed by atoms with van der Waals surface area (Å²) in [6.45, 7) is 10.2. The van der Waals surface area contributed by atoms with Crippen molar-refractivity contribution in [1.29, 1.82) is 0 Å². The molecule has 0 heteroatoms. The van der Waals surface area contributed by atoms with Gasteiger partial charge in [-0.15, -0.1) is 6.58 Å². The molecule has 0 aliphatic carbocycles. The summed E-state index contributed by atoms with van der Waals surface area (Å²) in [5.41, 5.74) is 1.41. The van der Waals surface area contributed by atoms with Crippen LogP contribution in [-0.4, -0.2) is 0 Å². The monoisotopic (exact) mass is 138 g/mol. The average Bonchev–Trinajstić information content (AvgIpc) is 1.82. The highest BCUT2D eigenvalue weighted by atomic mass is 14.0. The van der Waals surface area contributed by atoms with Gasteiger partial charge >= 0.3 is 0 Å². The van der Waals surface area contributed by atoms with Gasteiger partial charge in [0.2, 0.25) is 0 Å². The second-order valence-electron chi connectivity index (χ2n) is 3.09. The molecule has 0 saturated carbocycles. The molecule has 0 fully saturated rings. The van der Waals surface area contributed by atoms with E-state index in [4.69, 9.17) is 0 Å². The van der Waals surface area contributed by atoms with Crippen molar-refractivity contribution < 1.29 is 0 Å². The third kappa shape index (κ3) is 5.61. The number of hydrogen-bond acceptors (Lipinski definition) is 0. The van der Waals surface area contributed by atoms with Gasteiger partial charge in [0.25, 0.3) is 0 Å². The van der Waals surface area contributed by atoms with E-state index >= 15 is 0 Å². The Labute approximate surface area is 64.6 Å². The van der Waals surface area contributed by atoms with Crippen molar-refractivity contribution in [2.75, 3.05) is 0 Å². The summed E-state index contributed by atoms with van der Waals surface area (Å²) in [6, 6.07) is 0. The van der Waals surface area contributed by atoms with Gasteiger partial charge in [-0.2, -0.15) is 0 Å². The summed E-state index contributed by atoms with van der Waals surface area (Å²) in [6.07, 6.45) is 6.65. The van der Waals surface area contributed by atoms with E-state index in [2.05, 4.69) is 33.4 Å². The van der Waals surface area contributed by atoms with E-state index in [1.54, 1.807) is 0 Å². The minimum atomic E-state index is 0.711. The van der Waals surface area contributed by atoms with Crippen molar-refractivity contribution >= 4 is 0 Å². The lowest BCUT2D eigenvalue weighted by atomic mass is 10.0. The molecule has 0 nitrogen and oxygen atoms in total. The molecule has 10 heavy (non-hydrogen) atoms. The molecule has 0 saturated heterocycles. The van der Waals surface area contributed by atoms with Gasteiger partial charge in [-0.05, 0) is 32.6 Å². The Hall–Kier alpha value is -0.520. The lowest BCUT2D eigenvalue weighted by Gasteiger charge is -2.03. The minimum Gasteiger partial charge on any atom is -0.103 e. The van der Waals surface area contributed by atoms with Crippen LogP contribution in [0.15, 0.2) is 24.3 Å². The van der Waals surface area contributed by atoms with Gasteiger partial charge in [-0.1, -0.05) is 24.6 Å². The maximum atomic E-state index is 3.69. The molecule has 0 spiro atoms. The fraction of sp³-hybridized carbons (Fsp3) is 0.600. The second-order valence-corrected chi connectivity index (χ2v) is 3.09. The van der Waals surface area contributed by atoms with Crippen molar-refractivity contribution in [2.45, 2.75) is 33.6 Å². The fourth-order valence-corrected chi connectivity index (χ4v) is 1.03. The summed E-state index contributed by atoms with van der Waals surface area (Å²) in [7, 11) is 0. The molecule has 0 aliphatic rings. The molecule has 0 aliphatic heterocycles. The van der Waals surface area contributed by atoms with Crippen LogP contribution in [0.3, 0.4) is 0 Å². The van der Waals surface area contributed by atoms with E-state index in [0.717, 1.165) is 6.42 Å². The van der Waals surface area contributed by atoms with Gasteiger partial charge in [-0.25, -0.2) is 0 Å². The van der Waals surface area contributed by atoms with Crippen LogP contribution >= 0.6 is 0 Å². The molecule has 0 N–H and O–H groups in total. The topological polar surface area (TPSA) is 0 Å². The van der Waals surface area contributed by atoms with Crippen LogP contribution in [-0.2, 0) is 0 Å². The minimum absolute atomic E-state index is 0.711. The standard InChI is InChI=1S/C10H18/c1-5-6-7-10(4)8-9(2)3/h5,8,10H,1,6-7H2,2-4H3/t10-/m1/s1. The zero-order chi connectivity index (χ0) is 7.98. The van der Waals surface area contributed by atoms with Gasteiger partial charge in [0, 0.05) is 0 Å². The first-order chi connectivity index (χ1) is 4.66. The lowest BCUT2D eigenvalue weighted by Crippen LogP contribution is -1.88. The van der Waals surface area contributed by atoms with E-state index in [1.807, 2.05) is 6.08 Å². The number of allylic oxidation sites excluding steroid dienone is 3. The van der Waals surface area contributed by atoms with Gasteiger partial charge in [0.15, 0.2) is 0 Å². The van der Waals surface area contributed by atoms with Gasteiger partial charge in [-0.3, -0.25) is 0 Å². The zero-order valence-electron chi connectivity index (χ0n) is 7.35. The fourth-order valence-electron chi connectivity index (χ4n) is 1.03. The summed E-state index contributed by atoms with van der Waals surface area (Å²) in [5.74, 6) is 0.711. The Kier molecular flexibility index (Phi) is 5.00. The lowest BCUT2D eigenvalue weighted by molar-refractivity contribution is 0.654. The highest BCUT2D eigenvalue weighted by Gasteiger charge is 1.94. The predicted molar refractivity (Wildman–Crippen MR) is 48.0 cm³/mol. The SMILES string of the molecule is C=CCC[C@@H](C)C=C(C)C. The van der Waals surface area contributed by atoms with E-state index in [9.17, 15) is 0 Å². The first kappa shape index (κ1) is 9.48. The number of hydrogen-bond donors (Lipinski definition) is 0. The third-order valence-electron chi connectivity index (χ3n) is 1.44. The zero-order valence-corrected chi connectivity index (χ0v) is 7.35. The predicted octanol–water partition coefficient (Wildman–Crippen LogP) is 3.55. The summed E-state index contributed by atoms with van der Waals surface area (Å²) in [4.78, 5) is 0. The largest absolute Gasteiger partial charge is 0.103 e. The Bertz CT molecular complexity index is 116. The van der Waals surface area contributed by atoms with Crippen LogP contribution in [0, 0.1) is 5.92 Å². The van der Waals surface area contributed by atoms with Gasteiger partial charge < -0.3 is 0 Å². The maximum Gasteiger partial charge on any atom is -0.0257 e. The molecule has 0 radical (unpaired) electrons. The third-order valence-corrected chi connectivity index (χ3v) is 1.44. The Balaban J connectivity index is 3.52. The Morgan fingerprint density at radius 1 is 1.50 bits per heavy atom. The van der Waals surface area contributed by atoms with Crippen LogP contribution in [0.2, 0.25) is 0 Å². The summed E-state index contributed by atoms with van der Waals surface area (Å²) < 4.78 is 0. The highest BCUT2D eigenvalue weighted by molar-refractivity contribution is 4.96. The Morgan fingerprint density at radius 3 is 2.50 bits per heavy atom. The second kappa shape index (κ2) is 5.28. The van der Waals surface area contributed by atoms with E-state index < -0.39 is 0 Å².